The van der Waals surface area contributed by atoms with Crippen molar-refractivity contribution in [3.8, 4) is 11.1 Å². The van der Waals surface area contributed by atoms with E-state index in [9.17, 15) is 0 Å². The highest BCUT2D eigenvalue weighted by molar-refractivity contribution is 6.31. The Morgan fingerprint density at radius 3 is 2.48 bits per heavy atom. The van der Waals surface area contributed by atoms with E-state index in [1.165, 1.54) is 5.56 Å². The van der Waals surface area contributed by atoms with E-state index in [4.69, 9.17) is 16.6 Å². The average molecular weight is 345 g/mol. The number of aryl methyl sites for hydroxylation is 1. The van der Waals surface area contributed by atoms with Gasteiger partial charge in [-0.05, 0) is 60.0 Å². The molecule has 0 fully saturated rings. The molecular formula is C22H17ClN2. The molecule has 0 saturated carbocycles. The summed E-state index contributed by atoms with van der Waals surface area (Å²) in [4.78, 5) is 4.76. The molecule has 1 N–H and O–H groups in total. The molecule has 4 rings (SSSR count). The lowest BCUT2D eigenvalue weighted by Gasteiger charge is -2.12. The van der Waals surface area contributed by atoms with E-state index in [0.717, 1.165) is 33.5 Å². The van der Waals surface area contributed by atoms with Crippen molar-refractivity contribution < 1.29 is 0 Å². The molecule has 0 aliphatic heterocycles. The minimum absolute atomic E-state index is 0.714. The first-order chi connectivity index (χ1) is 12.2. The van der Waals surface area contributed by atoms with Gasteiger partial charge in [0, 0.05) is 16.1 Å². The topological polar surface area (TPSA) is 24.9 Å². The molecule has 3 aromatic carbocycles. The van der Waals surface area contributed by atoms with Crippen LogP contribution in [0.4, 0.5) is 11.5 Å². The minimum atomic E-state index is 0.714. The fourth-order valence-electron chi connectivity index (χ4n) is 2.99. The van der Waals surface area contributed by atoms with E-state index >= 15 is 0 Å². The van der Waals surface area contributed by atoms with Crippen LogP contribution in [-0.4, -0.2) is 4.98 Å². The van der Waals surface area contributed by atoms with E-state index in [0.29, 0.717) is 5.02 Å². The van der Waals surface area contributed by atoms with E-state index in [-0.39, 0.29) is 0 Å². The van der Waals surface area contributed by atoms with Crippen LogP contribution in [0.25, 0.3) is 22.0 Å². The van der Waals surface area contributed by atoms with Gasteiger partial charge in [0.25, 0.3) is 0 Å². The fraction of sp³-hybridized carbons (Fsp3) is 0.0455. The van der Waals surface area contributed by atoms with Gasteiger partial charge in [0.1, 0.15) is 5.82 Å². The van der Waals surface area contributed by atoms with Crippen LogP contribution in [0.2, 0.25) is 5.02 Å². The summed E-state index contributed by atoms with van der Waals surface area (Å²) in [7, 11) is 0. The summed E-state index contributed by atoms with van der Waals surface area (Å²) in [6.07, 6.45) is 0. The van der Waals surface area contributed by atoms with Gasteiger partial charge in [-0.3, -0.25) is 0 Å². The Hall–Kier alpha value is -2.84. The van der Waals surface area contributed by atoms with Gasteiger partial charge < -0.3 is 5.32 Å². The molecule has 1 aromatic heterocycles. The molecule has 4 aromatic rings. The number of halogens is 1. The van der Waals surface area contributed by atoms with Crippen LogP contribution in [0.1, 0.15) is 5.56 Å². The summed E-state index contributed by atoms with van der Waals surface area (Å²) >= 11 is 6.22. The molecule has 2 nitrogen and oxygen atoms in total. The fourth-order valence-corrected chi connectivity index (χ4v) is 3.16. The van der Waals surface area contributed by atoms with E-state index in [1.807, 2.05) is 48.5 Å². The van der Waals surface area contributed by atoms with Crippen molar-refractivity contribution in [2.24, 2.45) is 0 Å². The number of nitrogens with one attached hydrogen (secondary N) is 1. The Morgan fingerprint density at radius 1 is 0.840 bits per heavy atom. The van der Waals surface area contributed by atoms with Gasteiger partial charge in [-0.1, -0.05) is 54.1 Å². The first-order valence-corrected chi connectivity index (χ1v) is 8.56. The predicted molar refractivity (Wildman–Crippen MR) is 107 cm³/mol. The largest absolute Gasteiger partial charge is 0.340 e. The zero-order valence-electron chi connectivity index (χ0n) is 13.8. The molecule has 0 aliphatic rings. The lowest BCUT2D eigenvalue weighted by molar-refractivity contribution is 1.36. The summed E-state index contributed by atoms with van der Waals surface area (Å²) in [6, 6.07) is 26.5. The molecule has 25 heavy (non-hydrogen) atoms. The van der Waals surface area contributed by atoms with Crippen molar-refractivity contribution in [2.45, 2.75) is 6.92 Å². The number of hydrogen-bond acceptors (Lipinski definition) is 2. The van der Waals surface area contributed by atoms with Crippen LogP contribution in [0.3, 0.4) is 0 Å². The molecule has 0 spiro atoms. The van der Waals surface area contributed by atoms with Gasteiger partial charge in [-0.25, -0.2) is 4.98 Å². The molecule has 0 amide bonds. The second-order valence-corrected chi connectivity index (χ2v) is 6.51. The summed E-state index contributed by atoms with van der Waals surface area (Å²) in [5, 5.41) is 5.18. The Bertz CT molecular complexity index is 1040. The van der Waals surface area contributed by atoms with Crippen LogP contribution in [-0.2, 0) is 0 Å². The first kappa shape index (κ1) is 15.7. The lowest BCUT2D eigenvalue weighted by Crippen LogP contribution is -1.96. The number of aromatic nitrogens is 1. The molecule has 0 radical (unpaired) electrons. The molecule has 3 heteroatoms. The molecule has 0 unspecified atom stereocenters. The van der Waals surface area contributed by atoms with Crippen LogP contribution in [0.15, 0.2) is 78.9 Å². The van der Waals surface area contributed by atoms with Gasteiger partial charge in [-0.15, -0.1) is 0 Å². The second-order valence-electron chi connectivity index (χ2n) is 6.08. The van der Waals surface area contributed by atoms with Crippen molar-refractivity contribution in [3.63, 3.8) is 0 Å². The van der Waals surface area contributed by atoms with Crippen LogP contribution < -0.4 is 5.32 Å². The average Bonchev–Trinajstić information content (AvgIpc) is 2.62. The maximum absolute atomic E-state index is 6.22. The zero-order valence-corrected chi connectivity index (χ0v) is 14.6. The maximum atomic E-state index is 6.22. The van der Waals surface area contributed by atoms with Gasteiger partial charge in [0.2, 0.25) is 0 Å². The minimum Gasteiger partial charge on any atom is -0.340 e. The molecule has 0 aliphatic carbocycles. The van der Waals surface area contributed by atoms with E-state index in [1.54, 1.807) is 0 Å². The monoisotopic (exact) mass is 344 g/mol. The Morgan fingerprint density at radius 2 is 1.68 bits per heavy atom. The Balaban J connectivity index is 1.88. The smallest absolute Gasteiger partial charge is 0.131 e. The zero-order chi connectivity index (χ0) is 17.2. The van der Waals surface area contributed by atoms with Gasteiger partial charge in [-0.2, -0.15) is 0 Å². The molecule has 0 saturated heterocycles. The lowest BCUT2D eigenvalue weighted by atomic mass is 10.0. The van der Waals surface area contributed by atoms with Crippen molar-refractivity contribution in [1.29, 1.82) is 0 Å². The van der Waals surface area contributed by atoms with Gasteiger partial charge in [0.05, 0.1) is 5.52 Å². The number of hydrogen-bond donors (Lipinski definition) is 1. The number of anilines is 2. The van der Waals surface area contributed by atoms with Gasteiger partial charge >= 0.3 is 0 Å². The SMILES string of the molecule is Cc1cccc(Nc2cc(-c3ccccc3)c3cc(Cl)ccc3n2)c1. The van der Waals surface area contributed by atoms with Crippen LogP contribution in [0.5, 0.6) is 0 Å². The number of nitrogens with zero attached hydrogens (tertiary/aromatic N) is 1. The summed E-state index contributed by atoms with van der Waals surface area (Å²) in [6.45, 7) is 2.08. The van der Waals surface area contributed by atoms with Gasteiger partial charge in [0.15, 0.2) is 0 Å². The Kier molecular flexibility index (Phi) is 4.12. The number of fused-ring (bicyclic) bond motifs is 1. The third-order valence-corrected chi connectivity index (χ3v) is 4.38. The highest BCUT2D eigenvalue weighted by Gasteiger charge is 2.09. The highest BCUT2D eigenvalue weighted by Crippen LogP contribution is 2.32. The molecule has 0 atom stereocenters. The maximum Gasteiger partial charge on any atom is 0.131 e. The molecule has 0 bridgehead atoms. The third-order valence-electron chi connectivity index (χ3n) is 4.15. The quantitative estimate of drug-likeness (QED) is 0.452. The normalized spacial score (nSPS) is 10.8. The standard InChI is InChI=1S/C22H17ClN2/c1-15-6-5-9-18(12-15)24-22-14-19(16-7-3-2-4-8-16)20-13-17(23)10-11-21(20)25-22/h2-14H,1H3,(H,24,25). The number of pyridine rings is 1. The number of benzene rings is 3. The van der Waals surface area contributed by atoms with Crippen molar-refractivity contribution in [3.05, 3.63) is 89.4 Å². The third kappa shape index (κ3) is 3.35. The number of rotatable bonds is 3. The predicted octanol–water partition coefficient (Wildman–Crippen LogP) is 6.61. The van der Waals surface area contributed by atoms with E-state index < -0.39 is 0 Å². The molecule has 122 valence electrons. The highest BCUT2D eigenvalue weighted by atomic mass is 35.5. The summed E-state index contributed by atoms with van der Waals surface area (Å²) in [5.74, 6) is 0.819. The second kappa shape index (κ2) is 6.58. The Labute approximate surface area is 152 Å². The molecule has 1 heterocycles. The summed E-state index contributed by atoms with van der Waals surface area (Å²) < 4.78 is 0. The van der Waals surface area contributed by atoms with E-state index in [2.05, 4.69) is 42.6 Å². The van der Waals surface area contributed by atoms with Crippen molar-refractivity contribution in [1.82, 2.24) is 4.98 Å². The summed E-state index contributed by atoms with van der Waals surface area (Å²) in [5.41, 5.74) is 5.41. The van der Waals surface area contributed by atoms with Crippen LogP contribution >= 0.6 is 11.6 Å². The van der Waals surface area contributed by atoms with Crippen LogP contribution in [0, 0.1) is 6.92 Å². The van der Waals surface area contributed by atoms with Crippen molar-refractivity contribution in [2.75, 3.05) is 5.32 Å². The van der Waals surface area contributed by atoms with Crippen molar-refractivity contribution >= 4 is 34.0 Å². The first-order valence-electron chi connectivity index (χ1n) is 8.18. The molecular weight excluding hydrogens is 328 g/mol.